The summed E-state index contributed by atoms with van der Waals surface area (Å²) in [5, 5.41) is 0. The van der Waals surface area contributed by atoms with Crippen molar-refractivity contribution in [3.8, 4) is 0 Å². The van der Waals surface area contributed by atoms with Crippen molar-refractivity contribution in [2.24, 2.45) is 0 Å². The van der Waals surface area contributed by atoms with Crippen LogP contribution in [-0.2, 0) is 0 Å². The Morgan fingerprint density at radius 1 is 1.50 bits per heavy atom. The number of hydrogen-bond donors (Lipinski definition) is 0. The number of hydrogen-bond acceptors (Lipinski definition) is 1. The molecule has 1 aromatic heterocycles. The van der Waals surface area contributed by atoms with Gasteiger partial charge in [0.15, 0.2) is 0 Å². The topological polar surface area (TPSA) is 36.7 Å². The molecule has 0 aliphatic carbocycles. The zero-order valence-electron chi connectivity index (χ0n) is 4.76. The second-order valence-electron chi connectivity index (χ2n) is 1.24. The molecule has 0 aliphatic rings. The van der Waals surface area contributed by atoms with E-state index in [1.807, 2.05) is 0 Å². The Labute approximate surface area is 90.9 Å². The zero-order valence-corrected chi connectivity index (χ0v) is 7.88. The number of rotatable bonds is 0. The van der Waals surface area contributed by atoms with Gasteiger partial charge in [-0.3, -0.25) is 4.98 Å². The molecule has 0 atom stereocenters. The molecule has 0 aliphatic heterocycles. The summed E-state index contributed by atoms with van der Waals surface area (Å²) in [6.45, 7) is 0. The first kappa shape index (κ1) is 8.59. The molecule has 8 heavy (non-hydrogen) atoms. The van der Waals surface area contributed by atoms with Gasteiger partial charge in [0.1, 0.15) is 0 Å². The predicted molar refractivity (Wildman–Crippen MR) is 28.2 cm³/mol. The molecule has 0 bridgehead atoms. The van der Waals surface area contributed by atoms with E-state index in [0.717, 1.165) is 0 Å². The molecule has 2 nitrogen and oxygen atoms in total. The molecule has 1 heterocycles. The first-order valence-corrected chi connectivity index (χ1v) is 2.01. The van der Waals surface area contributed by atoms with Gasteiger partial charge < -0.3 is 5.73 Å². The van der Waals surface area contributed by atoms with Crippen LogP contribution in [0.25, 0.3) is 5.73 Å². The third-order valence-electron chi connectivity index (χ3n) is 0.662. The van der Waals surface area contributed by atoms with Crippen molar-refractivity contribution in [3.05, 3.63) is 30.3 Å². The maximum absolute atomic E-state index is 6.93. The number of pyridine rings is 1. The Morgan fingerprint density at radius 2 is 2.25 bits per heavy atom. The van der Waals surface area contributed by atoms with Crippen molar-refractivity contribution in [2.75, 3.05) is 0 Å². The molecule has 0 amide bonds. The molecule has 0 spiro atoms. The SMILES string of the molecule is [K+].[NH-]c1cccnc1. The van der Waals surface area contributed by atoms with Crippen LogP contribution >= 0.6 is 0 Å². The number of aromatic nitrogens is 1. The van der Waals surface area contributed by atoms with Crippen LogP contribution in [0.1, 0.15) is 0 Å². The molecule has 0 radical (unpaired) electrons. The second-order valence-corrected chi connectivity index (χ2v) is 1.24. The summed E-state index contributed by atoms with van der Waals surface area (Å²) in [4.78, 5) is 3.70. The predicted octanol–water partition coefficient (Wildman–Crippen LogP) is -1.23. The summed E-state index contributed by atoms with van der Waals surface area (Å²) < 4.78 is 0. The molecule has 1 aromatic rings. The molecule has 0 saturated carbocycles. The van der Waals surface area contributed by atoms with E-state index < -0.39 is 0 Å². The second kappa shape index (κ2) is 4.46. The third kappa shape index (κ3) is 2.79. The average Bonchev–Trinajstić information content (AvgIpc) is 1.69. The van der Waals surface area contributed by atoms with Gasteiger partial charge in [0, 0.05) is 12.4 Å². The van der Waals surface area contributed by atoms with E-state index in [4.69, 9.17) is 5.73 Å². The molecule has 0 fully saturated rings. The van der Waals surface area contributed by atoms with Gasteiger partial charge in [-0.15, -0.1) is 5.69 Å². The average molecular weight is 132 g/mol. The van der Waals surface area contributed by atoms with E-state index in [1.54, 1.807) is 18.3 Å². The van der Waals surface area contributed by atoms with Crippen LogP contribution in [-0.4, -0.2) is 4.98 Å². The third-order valence-corrected chi connectivity index (χ3v) is 0.662. The Kier molecular flexibility index (Phi) is 4.79. The minimum Gasteiger partial charge on any atom is -0.697 e. The molecular weight excluding hydrogens is 127 g/mol. The summed E-state index contributed by atoms with van der Waals surface area (Å²) in [7, 11) is 0. The van der Waals surface area contributed by atoms with Crippen molar-refractivity contribution < 1.29 is 51.4 Å². The number of nitrogens with zero attached hydrogens (tertiary/aromatic N) is 1. The first-order valence-electron chi connectivity index (χ1n) is 2.01. The van der Waals surface area contributed by atoms with Gasteiger partial charge in [-0.25, -0.2) is 0 Å². The van der Waals surface area contributed by atoms with Gasteiger partial charge in [0.05, 0.1) is 0 Å². The fraction of sp³-hybridized carbons (Fsp3) is 0. The van der Waals surface area contributed by atoms with Gasteiger partial charge in [-0.2, -0.15) is 0 Å². The number of nitrogens with one attached hydrogen (secondary N) is 1. The maximum atomic E-state index is 6.93. The summed E-state index contributed by atoms with van der Waals surface area (Å²) in [5.41, 5.74) is 7.39. The van der Waals surface area contributed by atoms with Crippen LogP contribution in [0.2, 0.25) is 0 Å². The quantitative estimate of drug-likeness (QED) is 0.407. The molecule has 36 valence electrons. The van der Waals surface area contributed by atoms with Crippen LogP contribution < -0.4 is 51.4 Å². The summed E-state index contributed by atoms with van der Waals surface area (Å²) >= 11 is 0. The Morgan fingerprint density at radius 3 is 2.50 bits per heavy atom. The largest absolute Gasteiger partial charge is 1.00 e. The Balaban J connectivity index is 0.000000490. The van der Waals surface area contributed by atoms with Crippen molar-refractivity contribution in [1.29, 1.82) is 0 Å². The van der Waals surface area contributed by atoms with E-state index >= 15 is 0 Å². The Hall–Kier alpha value is 0.586. The van der Waals surface area contributed by atoms with Crippen molar-refractivity contribution in [3.63, 3.8) is 0 Å². The van der Waals surface area contributed by atoms with Crippen LogP contribution in [0.5, 0.6) is 0 Å². The summed E-state index contributed by atoms with van der Waals surface area (Å²) in [5.74, 6) is 0. The molecule has 1 N–H and O–H groups in total. The van der Waals surface area contributed by atoms with Gasteiger partial charge >= 0.3 is 51.4 Å². The molecule has 0 saturated heterocycles. The molecule has 1 rings (SSSR count). The van der Waals surface area contributed by atoms with Crippen LogP contribution in [0.3, 0.4) is 0 Å². The monoisotopic (exact) mass is 132 g/mol. The fourth-order valence-corrected chi connectivity index (χ4v) is 0.363. The fourth-order valence-electron chi connectivity index (χ4n) is 0.363. The maximum Gasteiger partial charge on any atom is 1.00 e. The van der Waals surface area contributed by atoms with Gasteiger partial charge in [-0.05, 0) is 6.07 Å². The van der Waals surface area contributed by atoms with E-state index in [9.17, 15) is 0 Å². The molecular formula is C5H5KN2. The van der Waals surface area contributed by atoms with E-state index in [1.165, 1.54) is 6.20 Å². The van der Waals surface area contributed by atoms with Gasteiger partial charge in [-0.1, -0.05) is 6.07 Å². The van der Waals surface area contributed by atoms with E-state index in [-0.39, 0.29) is 51.4 Å². The first-order chi connectivity index (χ1) is 3.39. The zero-order chi connectivity index (χ0) is 5.11. The summed E-state index contributed by atoms with van der Waals surface area (Å²) in [6.07, 6.45) is 3.15. The molecule has 3 heteroatoms. The smallest absolute Gasteiger partial charge is 0.697 e. The van der Waals surface area contributed by atoms with E-state index in [0.29, 0.717) is 5.69 Å². The standard InChI is InChI=1S/C5H5N2.K/c6-5-2-1-3-7-4-5;/h1-4,6H;/q-1;+1. The Bertz CT molecular complexity index is 140. The van der Waals surface area contributed by atoms with Crippen LogP contribution in [0.4, 0.5) is 5.69 Å². The summed E-state index contributed by atoms with van der Waals surface area (Å²) in [6, 6.07) is 3.43. The minimum absolute atomic E-state index is 0. The van der Waals surface area contributed by atoms with Crippen molar-refractivity contribution >= 4 is 5.69 Å². The minimum atomic E-state index is 0. The normalized spacial score (nSPS) is 7.50. The van der Waals surface area contributed by atoms with Crippen LogP contribution in [0, 0.1) is 0 Å². The molecule has 0 unspecified atom stereocenters. The van der Waals surface area contributed by atoms with Gasteiger partial charge in [0.25, 0.3) is 0 Å². The van der Waals surface area contributed by atoms with Gasteiger partial charge in [0.2, 0.25) is 0 Å². The van der Waals surface area contributed by atoms with Crippen LogP contribution in [0.15, 0.2) is 24.5 Å². The van der Waals surface area contributed by atoms with Crippen molar-refractivity contribution in [2.45, 2.75) is 0 Å². The van der Waals surface area contributed by atoms with E-state index in [2.05, 4.69) is 4.98 Å². The van der Waals surface area contributed by atoms with Crippen molar-refractivity contribution in [1.82, 2.24) is 4.98 Å². The molecule has 0 aromatic carbocycles.